The summed E-state index contributed by atoms with van der Waals surface area (Å²) in [6, 6.07) is 24.0. The summed E-state index contributed by atoms with van der Waals surface area (Å²) < 4.78 is 26.1. The Bertz CT molecular complexity index is 1520. The molecule has 0 atom stereocenters. The van der Waals surface area contributed by atoms with Crippen LogP contribution in [0.5, 0.6) is 5.75 Å². The molecular weight excluding hydrogens is 486 g/mol. The number of amides is 1. The van der Waals surface area contributed by atoms with Crippen molar-refractivity contribution in [2.75, 3.05) is 10.6 Å². The molecule has 0 unspecified atom stereocenters. The fraction of sp³-hybridized carbons (Fsp3) is 0.0769. The van der Waals surface area contributed by atoms with Crippen LogP contribution in [0.4, 0.5) is 5.69 Å². The van der Waals surface area contributed by atoms with Gasteiger partial charge in [-0.15, -0.1) is 0 Å². The van der Waals surface area contributed by atoms with Gasteiger partial charge in [-0.2, -0.15) is 5.10 Å². The first-order valence-corrected chi connectivity index (χ1v) is 12.8. The number of hydrazone groups is 1. The van der Waals surface area contributed by atoms with Crippen LogP contribution in [0.3, 0.4) is 0 Å². The molecule has 0 radical (unpaired) electrons. The van der Waals surface area contributed by atoms with Gasteiger partial charge in [0.15, 0.2) is 0 Å². The van der Waals surface area contributed by atoms with E-state index in [4.69, 9.17) is 11.6 Å². The maximum Gasteiger partial charge on any atom is 0.271 e. The van der Waals surface area contributed by atoms with Crippen LogP contribution in [0.2, 0.25) is 5.02 Å². The van der Waals surface area contributed by atoms with E-state index in [1.807, 2.05) is 24.3 Å². The molecule has 0 saturated carbocycles. The van der Waals surface area contributed by atoms with Gasteiger partial charge in [0.05, 0.1) is 24.7 Å². The number of hydrogen-bond acceptors (Lipinski definition) is 5. The lowest BCUT2D eigenvalue weighted by Gasteiger charge is -2.23. The van der Waals surface area contributed by atoms with Crippen molar-refractivity contribution in [1.29, 1.82) is 0 Å². The van der Waals surface area contributed by atoms with Crippen LogP contribution in [-0.2, 0) is 16.6 Å². The van der Waals surface area contributed by atoms with Gasteiger partial charge in [-0.1, -0.05) is 60.1 Å². The Hall–Kier alpha value is -3.88. The van der Waals surface area contributed by atoms with E-state index in [1.165, 1.54) is 22.7 Å². The maximum atomic E-state index is 12.6. The minimum atomic E-state index is -3.61. The van der Waals surface area contributed by atoms with E-state index in [0.29, 0.717) is 27.4 Å². The highest BCUT2D eigenvalue weighted by Gasteiger charge is 2.19. The van der Waals surface area contributed by atoms with Crippen molar-refractivity contribution in [2.45, 2.75) is 6.54 Å². The first-order chi connectivity index (χ1) is 16.7. The first kappa shape index (κ1) is 24.3. The molecule has 0 aliphatic carbocycles. The maximum absolute atomic E-state index is 12.6. The van der Waals surface area contributed by atoms with Crippen LogP contribution in [0.1, 0.15) is 21.5 Å². The molecule has 35 heavy (non-hydrogen) atoms. The second kappa shape index (κ2) is 10.2. The summed E-state index contributed by atoms with van der Waals surface area (Å²) >= 11 is 6.20. The predicted molar refractivity (Wildman–Crippen MR) is 140 cm³/mol. The molecule has 178 valence electrons. The Morgan fingerprint density at radius 2 is 1.69 bits per heavy atom. The highest BCUT2D eigenvalue weighted by Crippen LogP contribution is 2.26. The Balaban J connectivity index is 1.51. The van der Waals surface area contributed by atoms with Crippen molar-refractivity contribution in [3.63, 3.8) is 0 Å². The third-order valence-corrected chi connectivity index (χ3v) is 6.91. The normalized spacial score (nSPS) is 11.6. The third kappa shape index (κ3) is 5.62. The predicted octanol–water partition coefficient (Wildman–Crippen LogP) is 4.93. The number of phenolic OH excluding ortho intramolecular Hbond substituents is 1. The zero-order valence-electron chi connectivity index (χ0n) is 18.7. The lowest BCUT2D eigenvalue weighted by molar-refractivity contribution is 0.0955. The average molecular weight is 508 g/mol. The zero-order chi connectivity index (χ0) is 25.0. The van der Waals surface area contributed by atoms with Gasteiger partial charge >= 0.3 is 0 Å². The van der Waals surface area contributed by atoms with Gasteiger partial charge in [-0.25, -0.2) is 13.8 Å². The number of anilines is 1. The number of rotatable bonds is 7. The first-order valence-electron chi connectivity index (χ1n) is 10.6. The van der Waals surface area contributed by atoms with Gasteiger partial charge in [0.1, 0.15) is 5.75 Å². The molecule has 4 rings (SSSR count). The number of phenols is 1. The molecule has 7 nitrogen and oxygen atoms in total. The van der Waals surface area contributed by atoms with Gasteiger partial charge in [-0.05, 0) is 52.7 Å². The van der Waals surface area contributed by atoms with Gasteiger partial charge in [-0.3, -0.25) is 9.10 Å². The number of benzene rings is 4. The smallest absolute Gasteiger partial charge is 0.271 e. The van der Waals surface area contributed by atoms with Gasteiger partial charge < -0.3 is 5.11 Å². The lowest BCUT2D eigenvalue weighted by atomic mass is 10.0. The van der Waals surface area contributed by atoms with E-state index >= 15 is 0 Å². The van der Waals surface area contributed by atoms with Crippen LogP contribution in [0.25, 0.3) is 10.8 Å². The summed E-state index contributed by atoms with van der Waals surface area (Å²) in [7, 11) is -3.61. The quantitative estimate of drug-likeness (QED) is 0.274. The molecule has 0 spiro atoms. The van der Waals surface area contributed by atoms with Gasteiger partial charge in [0.2, 0.25) is 10.0 Å². The number of sulfonamides is 1. The standard InChI is InChI=1S/C26H22ClN3O4S/c1-35(33,34)30(17-20-7-3-5-9-24(20)27)21-13-10-19(11-14-21)26(32)29-28-16-23-22-8-4-2-6-18(22)12-15-25(23)31/h2-16,31H,17H2,1H3,(H,29,32). The SMILES string of the molecule is CS(=O)(=O)N(Cc1ccccc1Cl)c1ccc(C(=O)NN=Cc2c(O)ccc3ccccc23)cc1. The summed E-state index contributed by atoms with van der Waals surface area (Å²) in [4.78, 5) is 12.6. The summed E-state index contributed by atoms with van der Waals surface area (Å²) in [5.74, 6) is -0.435. The Morgan fingerprint density at radius 1 is 1.00 bits per heavy atom. The van der Waals surface area contributed by atoms with Crippen LogP contribution < -0.4 is 9.73 Å². The Labute approximate surface area is 208 Å². The monoisotopic (exact) mass is 507 g/mol. The molecule has 0 heterocycles. The minimum absolute atomic E-state index is 0.0467. The Morgan fingerprint density at radius 3 is 2.40 bits per heavy atom. The summed E-state index contributed by atoms with van der Waals surface area (Å²) in [5, 5.41) is 16.4. The number of fused-ring (bicyclic) bond motifs is 1. The van der Waals surface area contributed by atoms with E-state index in [2.05, 4.69) is 10.5 Å². The number of nitrogens with one attached hydrogen (secondary N) is 1. The molecule has 2 N–H and O–H groups in total. The largest absolute Gasteiger partial charge is 0.507 e. The fourth-order valence-electron chi connectivity index (χ4n) is 3.60. The molecule has 4 aromatic rings. The summed E-state index contributed by atoms with van der Waals surface area (Å²) in [5.41, 5.74) is 4.27. The summed E-state index contributed by atoms with van der Waals surface area (Å²) in [6.07, 6.45) is 2.50. The van der Waals surface area contributed by atoms with Crippen LogP contribution in [0, 0.1) is 0 Å². The molecule has 4 aromatic carbocycles. The van der Waals surface area contributed by atoms with Crippen molar-refractivity contribution in [1.82, 2.24) is 5.43 Å². The van der Waals surface area contributed by atoms with Crippen molar-refractivity contribution in [3.8, 4) is 5.75 Å². The number of carbonyl (C=O) groups excluding carboxylic acids is 1. The molecule has 0 saturated heterocycles. The Kier molecular flexibility index (Phi) is 7.04. The molecule has 0 aliphatic rings. The molecule has 0 aromatic heterocycles. The van der Waals surface area contributed by atoms with Gasteiger partial charge in [0, 0.05) is 16.1 Å². The number of halogens is 1. The minimum Gasteiger partial charge on any atom is -0.507 e. The van der Waals surface area contributed by atoms with Gasteiger partial charge in [0.25, 0.3) is 5.91 Å². The molecule has 0 aliphatic heterocycles. The van der Waals surface area contributed by atoms with Crippen LogP contribution in [-0.4, -0.2) is 31.9 Å². The van der Waals surface area contributed by atoms with Crippen LogP contribution >= 0.6 is 11.6 Å². The molecule has 1 amide bonds. The van der Waals surface area contributed by atoms with Crippen molar-refractivity contribution in [2.24, 2.45) is 5.10 Å². The fourth-order valence-corrected chi connectivity index (χ4v) is 4.67. The second-order valence-electron chi connectivity index (χ2n) is 7.83. The highest BCUT2D eigenvalue weighted by molar-refractivity contribution is 7.92. The van der Waals surface area contributed by atoms with E-state index in [0.717, 1.165) is 17.0 Å². The van der Waals surface area contributed by atoms with E-state index < -0.39 is 15.9 Å². The number of carbonyl (C=O) groups is 1. The van der Waals surface area contributed by atoms with Crippen molar-refractivity contribution < 1.29 is 18.3 Å². The van der Waals surface area contributed by atoms with Crippen LogP contribution in [0.15, 0.2) is 90.0 Å². The zero-order valence-corrected chi connectivity index (χ0v) is 20.3. The molecule has 9 heteroatoms. The van der Waals surface area contributed by atoms with E-state index in [9.17, 15) is 18.3 Å². The summed E-state index contributed by atoms with van der Waals surface area (Å²) in [6.45, 7) is 0.0584. The average Bonchev–Trinajstić information content (AvgIpc) is 2.84. The van der Waals surface area contributed by atoms with Crippen molar-refractivity contribution in [3.05, 3.63) is 107 Å². The van der Waals surface area contributed by atoms with E-state index in [1.54, 1.807) is 48.5 Å². The lowest BCUT2D eigenvalue weighted by Crippen LogP contribution is -2.29. The van der Waals surface area contributed by atoms with E-state index in [-0.39, 0.29) is 12.3 Å². The second-order valence-corrected chi connectivity index (χ2v) is 10.1. The highest BCUT2D eigenvalue weighted by atomic mass is 35.5. The number of aromatic hydroxyl groups is 1. The number of nitrogens with zero attached hydrogens (tertiary/aromatic N) is 2. The number of hydrogen-bond donors (Lipinski definition) is 2. The third-order valence-electron chi connectivity index (χ3n) is 5.40. The molecule has 0 fully saturated rings. The molecule has 0 bridgehead atoms. The molecular formula is C26H22ClN3O4S. The van der Waals surface area contributed by atoms with Crippen molar-refractivity contribution >= 4 is 50.2 Å². The topological polar surface area (TPSA) is 99.1 Å².